The van der Waals surface area contributed by atoms with E-state index in [1.165, 1.54) is 29.2 Å². The fourth-order valence-corrected chi connectivity index (χ4v) is 2.95. The van der Waals surface area contributed by atoms with Crippen LogP contribution in [0.4, 0.5) is 9.18 Å². The van der Waals surface area contributed by atoms with Crippen LogP contribution in [-0.2, 0) is 4.79 Å². The monoisotopic (exact) mass is 313 g/mol. The number of imide groups is 1. The van der Waals surface area contributed by atoms with E-state index in [0.29, 0.717) is 6.42 Å². The number of carbonyl (C=O) groups is 2. The molecule has 1 aliphatic rings. The Labute approximate surface area is 125 Å². The van der Waals surface area contributed by atoms with Gasteiger partial charge in [-0.1, -0.05) is 24.6 Å². The molecule has 1 aromatic carbocycles. The largest absolute Gasteiger partial charge is 0.293 e. The lowest BCUT2D eigenvalue weighted by Crippen LogP contribution is -2.36. The standard InChI is InChI=1S/C14H13ClFNO2S/c1-3-8(2)17-13(18)12(20-14(17)19)7-9-10(15)5-4-6-11(9)16/h4-8H,3H2,1-2H3/b12-7+/t8-/m1/s1. The van der Waals surface area contributed by atoms with Gasteiger partial charge >= 0.3 is 0 Å². The molecule has 0 spiro atoms. The molecule has 1 aromatic rings. The first kappa shape index (κ1) is 15.1. The fourth-order valence-electron chi connectivity index (χ4n) is 1.82. The molecular weight excluding hydrogens is 301 g/mol. The molecule has 0 N–H and O–H groups in total. The summed E-state index contributed by atoms with van der Waals surface area (Å²) in [5.41, 5.74) is 0.129. The van der Waals surface area contributed by atoms with Gasteiger partial charge in [0.25, 0.3) is 11.1 Å². The molecule has 6 heteroatoms. The minimum Gasteiger partial charge on any atom is -0.268 e. The number of hydrogen-bond donors (Lipinski definition) is 0. The predicted molar refractivity (Wildman–Crippen MR) is 79.0 cm³/mol. The zero-order valence-electron chi connectivity index (χ0n) is 11.0. The van der Waals surface area contributed by atoms with E-state index >= 15 is 0 Å². The van der Waals surface area contributed by atoms with Crippen molar-refractivity contribution >= 4 is 40.6 Å². The van der Waals surface area contributed by atoms with Crippen LogP contribution >= 0.6 is 23.4 Å². The second-order valence-corrected chi connectivity index (χ2v) is 5.84. The Kier molecular flexibility index (Phi) is 4.50. The van der Waals surface area contributed by atoms with Crippen LogP contribution in [0, 0.1) is 5.82 Å². The van der Waals surface area contributed by atoms with Crippen LogP contribution in [0.2, 0.25) is 5.02 Å². The highest BCUT2D eigenvalue weighted by atomic mass is 35.5. The van der Waals surface area contributed by atoms with Crippen LogP contribution in [0.5, 0.6) is 0 Å². The van der Waals surface area contributed by atoms with Crippen LogP contribution in [0.25, 0.3) is 6.08 Å². The second kappa shape index (κ2) is 5.97. The molecule has 106 valence electrons. The predicted octanol–water partition coefficient (Wildman–Crippen LogP) is 4.31. The van der Waals surface area contributed by atoms with Crippen molar-refractivity contribution in [3.05, 3.63) is 39.5 Å². The molecule has 2 rings (SSSR count). The lowest BCUT2D eigenvalue weighted by atomic mass is 10.2. The number of thioether (sulfide) groups is 1. The molecular formula is C14H13ClFNO2S. The molecule has 0 bridgehead atoms. The third-order valence-electron chi connectivity index (χ3n) is 3.13. The van der Waals surface area contributed by atoms with Gasteiger partial charge in [0.1, 0.15) is 5.82 Å². The zero-order chi connectivity index (χ0) is 14.9. The van der Waals surface area contributed by atoms with E-state index in [4.69, 9.17) is 11.6 Å². The minimum atomic E-state index is -0.521. The number of benzene rings is 1. The highest BCUT2D eigenvalue weighted by Gasteiger charge is 2.37. The summed E-state index contributed by atoms with van der Waals surface area (Å²) in [4.78, 5) is 25.4. The molecule has 0 radical (unpaired) electrons. The van der Waals surface area contributed by atoms with Gasteiger partial charge in [-0.15, -0.1) is 0 Å². The molecule has 3 nitrogen and oxygen atoms in total. The Hall–Kier alpha value is -1.33. The van der Waals surface area contributed by atoms with E-state index in [-0.39, 0.29) is 26.8 Å². The summed E-state index contributed by atoms with van der Waals surface area (Å²) in [6.45, 7) is 3.70. The van der Waals surface area contributed by atoms with Crippen LogP contribution < -0.4 is 0 Å². The van der Waals surface area contributed by atoms with Gasteiger partial charge in [-0.05, 0) is 43.3 Å². The van der Waals surface area contributed by atoms with E-state index in [1.54, 1.807) is 6.92 Å². The van der Waals surface area contributed by atoms with Gasteiger partial charge < -0.3 is 0 Å². The van der Waals surface area contributed by atoms with E-state index in [2.05, 4.69) is 0 Å². The minimum absolute atomic E-state index is 0.129. The van der Waals surface area contributed by atoms with Gasteiger partial charge in [-0.2, -0.15) is 0 Å². The van der Waals surface area contributed by atoms with Crippen molar-refractivity contribution in [3.63, 3.8) is 0 Å². The Balaban J connectivity index is 2.38. The Morgan fingerprint density at radius 2 is 2.15 bits per heavy atom. The zero-order valence-corrected chi connectivity index (χ0v) is 12.6. The van der Waals surface area contributed by atoms with Crippen molar-refractivity contribution in [3.8, 4) is 0 Å². The summed E-state index contributed by atoms with van der Waals surface area (Å²) in [5.74, 6) is -0.915. The molecule has 1 fully saturated rings. The fraction of sp³-hybridized carbons (Fsp3) is 0.286. The van der Waals surface area contributed by atoms with Crippen LogP contribution in [0.3, 0.4) is 0 Å². The summed E-state index contributed by atoms with van der Waals surface area (Å²) in [5, 5.41) is -0.122. The number of halogens is 2. The lowest BCUT2D eigenvalue weighted by molar-refractivity contribution is -0.124. The van der Waals surface area contributed by atoms with Gasteiger partial charge in [0.15, 0.2) is 0 Å². The van der Waals surface area contributed by atoms with Gasteiger partial charge in [-0.3, -0.25) is 14.5 Å². The number of rotatable bonds is 3. The normalized spacial score (nSPS) is 19.0. The first-order chi connectivity index (χ1) is 9.45. The van der Waals surface area contributed by atoms with E-state index < -0.39 is 11.7 Å². The maximum Gasteiger partial charge on any atom is 0.293 e. The molecule has 2 amide bonds. The molecule has 0 saturated carbocycles. The van der Waals surface area contributed by atoms with Gasteiger partial charge in [0.2, 0.25) is 0 Å². The molecule has 20 heavy (non-hydrogen) atoms. The molecule has 0 aliphatic carbocycles. The van der Waals surface area contributed by atoms with Gasteiger partial charge in [-0.25, -0.2) is 4.39 Å². The van der Waals surface area contributed by atoms with Crippen molar-refractivity contribution in [2.45, 2.75) is 26.3 Å². The molecule has 1 heterocycles. The average molecular weight is 314 g/mol. The third kappa shape index (κ3) is 2.74. The summed E-state index contributed by atoms with van der Waals surface area (Å²) >= 11 is 6.73. The number of carbonyl (C=O) groups excluding carboxylic acids is 2. The lowest BCUT2D eigenvalue weighted by Gasteiger charge is -2.19. The molecule has 1 atom stereocenters. The SMILES string of the molecule is CC[C@@H](C)N1C(=O)S/C(=C/c2c(F)cccc2Cl)C1=O. The topological polar surface area (TPSA) is 37.4 Å². The molecule has 1 aliphatic heterocycles. The summed E-state index contributed by atoms with van der Waals surface area (Å²) < 4.78 is 13.7. The maximum absolute atomic E-state index is 13.7. The molecule has 1 saturated heterocycles. The Morgan fingerprint density at radius 1 is 1.45 bits per heavy atom. The average Bonchev–Trinajstić information content (AvgIpc) is 2.68. The van der Waals surface area contributed by atoms with E-state index in [1.807, 2.05) is 6.92 Å². The van der Waals surface area contributed by atoms with Crippen molar-refractivity contribution in [1.29, 1.82) is 0 Å². The third-order valence-corrected chi connectivity index (χ3v) is 4.34. The first-order valence-electron chi connectivity index (χ1n) is 6.16. The summed E-state index contributed by atoms with van der Waals surface area (Å²) in [6, 6.07) is 4.11. The van der Waals surface area contributed by atoms with Crippen molar-refractivity contribution in [1.82, 2.24) is 4.90 Å². The van der Waals surface area contributed by atoms with Gasteiger partial charge in [0, 0.05) is 11.6 Å². The smallest absolute Gasteiger partial charge is 0.268 e. The number of hydrogen-bond acceptors (Lipinski definition) is 3. The van der Waals surface area contributed by atoms with Crippen LogP contribution in [0.1, 0.15) is 25.8 Å². The van der Waals surface area contributed by atoms with Crippen LogP contribution in [0.15, 0.2) is 23.1 Å². The first-order valence-corrected chi connectivity index (χ1v) is 7.36. The number of amides is 2. The number of nitrogens with zero attached hydrogens (tertiary/aromatic N) is 1. The Bertz CT molecular complexity index is 583. The van der Waals surface area contributed by atoms with Crippen LogP contribution in [-0.4, -0.2) is 22.1 Å². The highest BCUT2D eigenvalue weighted by Crippen LogP contribution is 2.35. The maximum atomic E-state index is 13.7. The van der Waals surface area contributed by atoms with E-state index in [0.717, 1.165) is 11.8 Å². The molecule has 0 aromatic heterocycles. The van der Waals surface area contributed by atoms with Crippen molar-refractivity contribution in [2.24, 2.45) is 0 Å². The quantitative estimate of drug-likeness (QED) is 0.780. The Morgan fingerprint density at radius 3 is 2.75 bits per heavy atom. The summed E-state index contributed by atoms with van der Waals surface area (Å²) in [6.07, 6.45) is 2.01. The van der Waals surface area contributed by atoms with Crippen molar-refractivity contribution < 1.29 is 14.0 Å². The highest BCUT2D eigenvalue weighted by molar-refractivity contribution is 8.18. The molecule has 0 unspecified atom stereocenters. The van der Waals surface area contributed by atoms with E-state index in [9.17, 15) is 14.0 Å². The van der Waals surface area contributed by atoms with Crippen molar-refractivity contribution in [2.75, 3.05) is 0 Å². The summed E-state index contributed by atoms with van der Waals surface area (Å²) in [7, 11) is 0. The van der Waals surface area contributed by atoms with Gasteiger partial charge in [0.05, 0.1) is 9.93 Å². The second-order valence-electron chi connectivity index (χ2n) is 4.44.